The van der Waals surface area contributed by atoms with Crippen LogP contribution in [-0.2, 0) is 11.2 Å². The van der Waals surface area contributed by atoms with Crippen LogP contribution in [0, 0.1) is 6.92 Å². The minimum Gasteiger partial charge on any atom is -0.508 e. The maximum absolute atomic E-state index is 10.4. The summed E-state index contributed by atoms with van der Waals surface area (Å²) in [6, 6.07) is 11.2. The Bertz CT molecular complexity index is 765. The van der Waals surface area contributed by atoms with Gasteiger partial charge >= 0.3 is 5.97 Å². The number of carbonyl (C=O) groups is 1. The predicted octanol–water partition coefficient (Wildman–Crippen LogP) is 4.71. The van der Waals surface area contributed by atoms with Gasteiger partial charge in [-0.15, -0.1) is 6.58 Å². The van der Waals surface area contributed by atoms with Crippen LogP contribution in [0.5, 0.6) is 17.2 Å². The molecule has 0 aliphatic heterocycles. The molecule has 0 atom stereocenters. The Morgan fingerprint density at radius 1 is 1.19 bits per heavy atom. The number of hydrogen-bond donors (Lipinski definition) is 2. The Morgan fingerprint density at radius 2 is 1.89 bits per heavy atom. The average Bonchev–Trinajstić information content (AvgIpc) is 2.63. The summed E-state index contributed by atoms with van der Waals surface area (Å²) in [5, 5.41) is 17.8. The van der Waals surface area contributed by atoms with E-state index in [1.165, 1.54) is 12.7 Å². The molecule has 0 bridgehead atoms. The Balaban J connectivity index is 0.000000289. The normalized spacial score (nSPS) is 9.96. The monoisotopic (exact) mass is 372 g/mol. The second kappa shape index (κ2) is 10.9. The molecule has 2 aromatic rings. The highest BCUT2D eigenvalue weighted by atomic mass is 16.5. The highest BCUT2D eigenvalue weighted by Crippen LogP contribution is 2.28. The smallest absolute Gasteiger partial charge is 0.341 e. The number of hydrogen-bond acceptors (Lipinski definition) is 4. The van der Waals surface area contributed by atoms with E-state index in [2.05, 4.69) is 26.5 Å². The molecule has 5 heteroatoms. The first-order valence-electron chi connectivity index (χ1n) is 8.70. The summed E-state index contributed by atoms with van der Waals surface area (Å²) >= 11 is 0. The third-order valence-electron chi connectivity index (χ3n) is 3.86. The van der Waals surface area contributed by atoms with E-state index in [1.807, 2.05) is 25.1 Å². The standard InChI is InChI=1S/C12H14O4.C10H14O/c1-3-4-9-5-6-10(11(7-9)15-2)16-8-12(13)14;1-7(2)9-5-4-8(3)10(11)6-9/h3,5-7H,1,4,8H2,2H3,(H,13,14);4-7,11H,1-3H3. The number of carboxylic acids is 1. The molecule has 0 aliphatic carbocycles. The van der Waals surface area contributed by atoms with Crippen molar-refractivity contribution in [1.29, 1.82) is 0 Å². The fourth-order valence-electron chi connectivity index (χ4n) is 2.25. The van der Waals surface area contributed by atoms with Crippen molar-refractivity contribution in [2.75, 3.05) is 13.7 Å². The van der Waals surface area contributed by atoms with E-state index in [0.29, 0.717) is 23.2 Å². The van der Waals surface area contributed by atoms with Crippen LogP contribution in [0.1, 0.15) is 36.5 Å². The summed E-state index contributed by atoms with van der Waals surface area (Å²) in [7, 11) is 1.51. The molecule has 0 amide bonds. The molecule has 5 nitrogen and oxygen atoms in total. The van der Waals surface area contributed by atoms with Crippen molar-refractivity contribution in [2.24, 2.45) is 0 Å². The van der Waals surface area contributed by atoms with Crippen molar-refractivity contribution in [1.82, 2.24) is 0 Å². The van der Waals surface area contributed by atoms with Crippen molar-refractivity contribution >= 4 is 5.97 Å². The minimum atomic E-state index is -1.02. The number of aliphatic carboxylic acids is 1. The number of rotatable bonds is 7. The molecule has 0 saturated carbocycles. The Morgan fingerprint density at radius 3 is 2.41 bits per heavy atom. The van der Waals surface area contributed by atoms with Crippen LogP contribution in [0.4, 0.5) is 0 Å². The number of benzene rings is 2. The second-order valence-electron chi connectivity index (χ2n) is 6.36. The van der Waals surface area contributed by atoms with Crippen LogP contribution in [0.25, 0.3) is 0 Å². The van der Waals surface area contributed by atoms with Crippen molar-refractivity contribution in [3.63, 3.8) is 0 Å². The highest BCUT2D eigenvalue weighted by molar-refractivity contribution is 5.68. The lowest BCUT2D eigenvalue weighted by atomic mass is 10.0. The van der Waals surface area contributed by atoms with Gasteiger partial charge in [-0.05, 0) is 54.2 Å². The number of allylic oxidation sites excluding steroid dienone is 1. The first kappa shape index (κ1) is 22.1. The summed E-state index contributed by atoms with van der Waals surface area (Å²) in [5.41, 5.74) is 3.16. The van der Waals surface area contributed by atoms with Crippen LogP contribution >= 0.6 is 0 Å². The van der Waals surface area contributed by atoms with Gasteiger partial charge in [0, 0.05) is 0 Å². The molecule has 0 unspecified atom stereocenters. The van der Waals surface area contributed by atoms with Gasteiger partial charge in [0.2, 0.25) is 0 Å². The number of phenols is 1. The molecule has 146 valence electrons. The van der Waals surface area contributed by atoms with Crippen LogP contribution in [0.3, 0.4) is 0 Å². The van der Waals surface area contributed by atoms with Crippen molar-refractivity contribution < 1.29 is 24.5 Å². The molecule has 0 aromatic heterocycles. The van der Waals surface area contributed by atoms with E-state index < -0.39 is 5.97 Å². The number of aromatic hydroxyl groups is 1. The van der Waals surface area contributed by atoms with Gasteiger partial charge in [0.05, 0.1) is 7.11 Å². The van der Waals surface area contributed by atoms with Crippen molar-refractivity contribution in [2.45, 2.75) is 33.1 Å². The first-order valence-corrected chi connectivity index (χ1v) is 8.70. The van der Waals surface area contributed by atoms with E-state index in [9.17, 15) is 9.90 Å². The number of ether oxygens (including phenoxy) is 2. The molecule has 0 heterocycles. The van der Waals surface area contributed by atoms with Gasteiger partial charge in [-0.2, -0.15) is 0 Å². The summed E-state index contributed by atoms with van der Waals surface area (Å²) < 4.78 is 10.2. The Kier molecular flexibility index (Phi) is 8.93. The van der Waals surface area contributed by atoms with Gasteiger partial charge in [0.1, 0.15) is 5.75 Å². The lowest BCUT2D eigenvalue weighted by Crippen LogP contribution is -2.10. The number of aryl methyl sites for hydroxylation is 1. The molecule has 2 N–H and O–H groups in total. The van der Waals surface area contributed by atoms with E-state index in [-0.39, 0.29) is 6.61 Å². The summed E-state index contributed by atoms with van der Waals surface area (Å²) in [4.78, 5) is 10.4. The third-order valence-corrected chi connectivity index (χ3v) is 3.86. The largest absolute Gasteiger partial charge is 0.508 e. The fraction of sp³-hybridized carbons (Fsp3) is 0.318. The van der Waals surface area contributed by atoms with Crippen LogP contribution in [0.15, 0.2) is 49.1 Å². The topological polar surface area (TPSA) is 76.0 Å². The van der Waals surface area contributed by atoms with E-state index in [0.717, 1.165) is 17.5 Å². The zero-order chi connectivity index (χ0) is 20.4. The minimum absolute atomic E-state index is 0.378. The Hall–Kier alpha value is -2.95. The molecule has 0 aliphatic rings. The summed E-state index contributed by atoms with van der Waals surface area (Å²) in [6.07, 6.45) is 2.52. The number of phenolic OH excluding ortho intramolecular Hbond substituents is 1. The second-order valence-corrected chi connectivity index (χ2v) is 6.36. The number of methoxy groups -OCH3 is 1. The Labute approximate surface area is 160 Å². The summed E-state index contributed by atoms with van der Waals surface area (Å²) in [6.45, 7) is 9.40. The van der Waals surface area contributed by atoms with Gasteiger partial charge in [0.15, 0.2) is 18.1 Å². The third kappa shape index (κ3) is 7.44. The molecule has 0 saturated heterocycles. The molecule has 0 spiro atoms. The van der Waals surface area contributed by atoms with Gasteiger partial charge in [-0.25, -0.2) is 4.79 Å². The molecule has 0 fully saturated rings. The van der Waals surface area contributed by atoms with Crippen molar-refractivity contribution in [3.8, 4) is 17.2 Å². The van der Waals surface area contributed by atoms with Gasteiger partial charge in [-0.1, -0.05) is 38.1 Å². The summed E-state index contributed by atoms with van der Waals surface area (Å²) in [5.74, 6) is 0.827. The zero-order valence-corrected chi connectivity index (χ0v) is 16.4. The highest BCUT2D eigenvalue weighted by Gasteiger charge is 2.07. The SMILES string of the molecule is C=CCc1ccc(OCC(=O)O)c(OC)c1.Cc1ccc(C(C)C)cc1O. The molecule has 0 radical (unpaired) electrons. The van der Waals surface area contributed by atoms with E-state index in [1.54, 1.807) is 18.2 Å². The van der Waals surface area contributed by atoms with Crippen LogP contribution in [0.2, 0.25) is 0 Å². The van der Waals surface area contributed by atoms with E-state index >= 15 is 0 Å². The predicted molar refractivity (Wildman–Crippen MR) is 107 cm³/mol. The quantitative estimate of drug-likeness (QED) is 0.688. The molecule has 27 heavy (non-hydrogen) atoms. The van der Waals surface area contributed by atoms with Crippen LogP contribution in [-0.4, -0.2) is 29.9 Å². The zero-order valence-electron chi connectivity index (χ0n) is 16.4. The van der Waals surface area contributed by atoms with Gasteiger partial charge in [-0.3, -0.25) is 0 Å². The molecular formula is C22H28O5. The maximum Gasteiger partial charge on any atom is 0.341 e. The van der Waals surface area contributed by atoms with Gasteiger partial charge in [0.25, 0.3) is 0 Å². The van der Waals surface area contributed by atoms with E-state index in [4.69, 9.17) is 14.6 Å². The first-order chi connectivity index (χ1) is 12.8. The van der Waals surface area contributed by atoms with Crippen molar-refractivity contribution in [3.05, 3.63) is 65.7 Å². The lowest BCUT2D eigenvalue weighted by Gasteiger charge is -2.10. The van der Waals surface area contributed by atoms with Gasteiger partial charge < -0.3 is 19.7 Å². The number of carboxylic acid groups (broad SMARTS) is 1. The fourth-order valence-corrected chi connectivity index (χ4v) is 2.25. The van der Waals surface area contributed by atoms with Crippen LogP contribution < -0.4 is 9.47 Å². The average molecular weight is 372 g/mol. The molecule has 2 aromatic carbocycles. The maximum atomic E-state index is 10.4. The molecule has 2 rings (SSSR count). The molecular weight excluding hydrogens is 344 g/mol. The lowest BCUT2D eigenvalue weighted by molar-refractivity contribution is -0.139.